The van der Waals surface area contributed by atoms with E-state index in [0.29, 0.717) is 16.1 Å². The number of halogens is 4. The molecule has 3 N–H and O–H groups in total. The van der Waals surface area contributed by atoms with Crippen molar-refractivity contribution in [2.24, 2.45) is 0 Å². The fraction of sp³-hybridized carbons (Fsp3) is 0.455. The Bertz CT molecular complexity index is 1880. The van der Waals surface area contributed by atoms with E-state index in [0.717, 1.165) is 76.7 Å². The zero-order valence-corrected chi connectivity index (χ0v) is 28.2. The van der Waals surface area contributed by atoms with Crippen LogP contribution in [0.25, 0.3) is 10.1 Å². The molecular formula is C33H35F4N5O5S2. The van der Waals surface area contributed by atoms with Gasteiger partial charge < -0.3 is 20.1 Å². The molecule has 2 heterocycles. The summed E-state index contributed by atoms with van der Waals surface area (Å²) < 4.78 is 94.0. The highest BCUT2D eigenvalue weighted by molar-refractivity contribution is 7.90. The molecule has 3 aromatic rings. The SMILES string of the molecule is CC(=O)NS(=O)(=O)c1cc(OCC#N)c(NCC#Cc2sc3c(NC4CCC(N5CCOCC5)CC4)cccc3c2CC(F)(F)F)cc1F. The number of hydrogen-bond donors (Lipinski definition) is 3. The van der Waals surface area contributed by atoms with Gasteiger partial charge in [0.1, 0.15) is 22.5 Å². The van der Waals surface area contributed by atoms with Gasteiger partial charge in [0.2, 0.25) is 5.91 Å². The topological polar surface area (TPSA) is 133 Å². The number of nitrogens with zero attached hydrogens (tertiary/aromatic N) is 2. The van der Waals surface area contributed by atoms with E-state index in [1.54, 1.807) is 22.9 Å². The fourth-order valence-corrected chi connectivity index (χ4v) is 8.36. The number of ether oxygens (including phenoxy) is 2. The molecule has 2 aromatic carbocycles. The summed E-state index contributed by atoms with van der Waals surface area (Å²) in [6, 6.07) is 9.33. The van der Waals surface area contributed by atoms with Crippen molar-refractivity contribution in [2.75, 3.05) is 50.1 Å². The highest BCUT2D eigenvalue weighted by atomic mass is 32.2. The van der Waals surface area contributed by atoms with Gasteiger partial charge in [-0.2, -0.15) is 18.4 Å². The van der Waals surface area contributed by atoms with E-state index in [1.807, 2.05) is 6.07 Å². The van der Waals surface area contributed by atoms with Gasteiger partial charge in [-0.25, -0.2) is 17.5 Å². The van der Waals surface area contributed by atoms with Gasteiger partial charge in [0.15, 0.2) is 6.61 Å². The van der Waals surface area contributed by atoms with Crippen molar-refractivity contribution >= 4 is 48.7 Å². The first-order chi connectivity index (χ1) is 23.3. The second kappa shape index (κ2) is 15.6. The van der Waals surface area contributed by atoms with Gasteiger partial charge in [-0.05, 0) is 42.7 Å². The number of amides is 1. The number of anilines is 2. The summed E-state index contributed by atoms with van der Waals surface area (Å²) in [6.45, 7) is 3.62. The van der Waals surface area contributed by atoms with Gasteiger partial charge in [-0.3, -0.25) is 9.69 Å². The maximum absolute atomic E-state index is 14.9. The highest BCUT2D eigenvalue weighted by Gasteiger charge is 2.32. The van der Waals surface area contributed by atoms with E-state index in [9.17, 15) is 30.8 Å². The fourth-order valence-electron chi connectivity index (χ4n) is 6.13. The number of nitriles is 1. The molecule has 262 valence electrons. The van der Waals surface area contributed by atoms with Gasteiger partial charge in [0.05, 0.1) is 47.1 Å². The molecule has 0 bridgehead atoms. The second-order valence-electron chi connectivity index (χ2n) is 11.7. The summed E-state index contributed by atoms with van der Waals surface area (Å²) in [5.74, 6) is 3.27. The van der Waals surface area contributed by atoms with Crippen LogP contribution in [0.15, 0.2) is 35.2 Å². The number of sulfonamides is 1. The molecule has 1 aliphatic carbocycles. The lowest BCUT2D eigenvalue weighted by Crippen LogP contribution is -2.46. The first-order valence-corrected chi connectivity index (χ1v) is 17.9. The van der Waals surface area contributed by atoms with E-state index in [4.69, 9.17) is 14.7 Å². The molecule has 0 atom stereocenters. The number of nitrogens with one attached hydrogen (secondary N) is 3. The summed E-state index contributed by atoms with van der Waals surface area (Å²) in [5.41, 5.74) is 0.776. The van der Waals surface area contributed by atoms with Crippen LogP contribution in [-0.4, -0.2) is 76.9 Å². The Labute approximate surface area is 285 Å². The number of alkyl halides is 3. The zero-order valence-electron chi connectivity index (χ0n) is 26.6. The Morgan fingerprint density at radius 2 is 1.88 bits per heavy atom. The van der Waals surface area contributed by atoms with Crippen molar-refractivity contribution in [1.82, 2.24) is 9.62 Å². The molecule has 10 nitrogen and oxygen atoms in total. The average Bonchev–Trinajstić information content (AvgIpc) is 3.39. The lowest BCUT2D eigenvalue weighted by Gasteiger charge is -2.39. The van der Waals surface area contributed by atoms with E-state index in [1.165, 1.54) is 11.3 Å². The predicted molar refractivity (Wildman–Crippen MR) is 178 cm³/mol. The monoisotopic (exact) mass is 721 g/mol. The molecule has 1 amide bonds. The number of fused-ring (bicyclic) bond motifs is 1. The van der Waals surface area contributed by atoms with Gasteiger partial charge in [-0.1, -0.05) is 24.0 Å². The van der Waals surface area contributed by atoms with Crippen LogP contribution in [0.3, 0.4) is 0 Å². The van der Waals surface area contributed by atoms with Crippen molar-refractivity contribution in [3.8, 4) is 23.7 Å². The molecule has 1 saturated heterocycles. The average molecular weight is 722 g/mol. The molecule has 49 heavy (non-hydrogen) atoms. The Hall–Kier alpha value is -4.09. The summed E-state index contributed by atoms with van der Waals surface area (Å²) in [5, 5.41) is 15.8. The predicted octanol–water partition coefficient (Wildman–Crippen LogP) is 5.39. The minimum Gasteiger partial charge on any atom is -0.477 e. The Kier molecular flexibility index (Phi) is 11.5. The molecule has 5 rings (SSSR count). The van der Waals surface area contributed by atoms with Crippen molar-refractivity contribution in [2.45, 2.75) is 62.2 Å². The third-order valence-corrected chi connectivity index (χ3v) is 10.9. The number of rotatable bonds is 10. The molecule has 1 saturated carbocycles. The van der Waals surface area contributed by atoms with Gasteiger partial charge in [0, 0.05) is 44.2 Å². The molecule has 1 aromatic heterocycles. The van der Waals surface area contributed by atoms with Gasteiger partial charge in [-0.15, -0.1) is 11.3 Å². The molecule has 2 aliphatic rings. The molecule has 1 aliphatic heterocycles. The Balaban J connectivity index is 1.35. The van der Waals surface area contributed by atoms with Crippen LogP contribution in [0, 0.1) is 29.0 Å². The first kappa shape index (κ1) is 36.2. The molecular weight excluding hydrogens is 687 g/mol. The van der Waals surface area contributed by atoms with Crippen LogP contribution in [0.4, 0.5) is 28.9 Å². The third-order valence-electron chi connectivity index (χ3n) is 8.28. The number of benzene rings is 2. The maximum Gasteiger partial charge on any atom is 0.393 e. The summed E-state index contributed by atoms with van der Waals surface area (Å²) in [7, 11) is -4.56. The van der Waals surface area contributed by atoms with Crippen molar-refractivity contribution in [3.05, 3.63) is 46.6 Å². The van der Waals surface area contributed by atoms with E-state index in [-0.39, 0.29) is 34.5 Å². The Morgan fingerprint density at radius 1 is 1.14 bits per heavy atom. The van der Waals surface area contributed by atoms with Crippen LogP contribution < -0.4 is 20.1 Å². The van der Waals surface area contributed by atoms with Crippen molar-refractivity contribution in [3.63, 3.8) is 0 Å². The highest BCUT2D eigenvalue weighted by Crippen LogP contribution is 2.40. The van der Waals surface area contributed by atoms with Gasteiger partial charge in [0.25, 0.3) is 10.0 Å². The number of thiophene rings is 1. The van der Waals surface area contributed by atoms with Gasteiger partial charge >= 0.3 is 6.18 Å². The quantitative estimate of drug-likeness (QED) is 0.186. The Morgan fingerprint density at radius 3 is 2.55 bits per heavy atom. The number of hydrogen-bond acceptors (Lipinski definition) is 10. The normalized spacial score (nSPS) is 18.6. The molecule has 16 heteroatoms. The standard InChI is InChI=1S/C33H35F4N5O5S2/c1-21(43)41-49(44,45)31-19-29(47-15-11-38)28(18-26(31)34)39-12-3-6-30-25(20-33(35,36)37)24-4-2-5-27(32(24)48-30)40-22-7-9-23(10-8-22)42-13-16-46-17-14-42/h2,4-5,18-19,22-23,39-40H,7-10,12-17,20H2,1H3,(H,41,43). The van der Waals surface area contributed by atoms with Crippen molar-refractivity contribution in [1.29, 1.82) is 5.26 Å². The van der Waals surface area contributed by atoms with E-state index < -0.39 is 45.8 Å². The minimum atomic E-state index is -4.56. The summed E-state index contributed by atoms with van der Waals surface area (Å²) in [4.78, 5) is 13.1. The van der Waals surface area contributed by atoms with Crippen LogP contribution >= 0.6 is 11.3 Å². The summed E-state index contributed by atoms with van der Waals surface area (Å²) >= 11 is 1.17. The van der Waals surface area contributed by atoms with E-state index >= 15 is 0 Å². The van der Waals surface area contributed by atoms with Crippen LogP contribution in [0.5, 0.6) is 5.75 Å². The molecule has 0 radical (unpaired) electrons. The lowest BCUT2D eigenvalue weighted by atomic mass is 9.89. The lowest BCUT2D eigenvalue weighted by molar-refractivity contribution is -0.127. The van der Waals surface area contributed by atoms with Crippen LogP contribution in [0.2, 0.25) is 0 Å². The zero-order chi connectivity index (χ0) is 35.2. The minimum absolute atomic E-state index is 0.0505. The van der Waals surface area contributed by atoms with Crippen molar-refractivity contribution < 1.29 is 40.2 Å². The summed E-state index contributed by atoms with van der Waals surface area (Å²) in [6.07, 6.45) is -1.70. The molecule has 0 spiro atoms. The smallest absolute Gasteiger partial charge is 0.393 e. The maximum atomic E-state index is 14.9. The molecule has 2 fully saturated rings. The molecule has 0 unspecified atom stereocenters. The number of carbonyl (C=O) groups excluding carboxylic acids is 1. The largest absolute Gasteiger partial charge is 0.477 e. The van der Waals surface area contributed by atoms with Crippen LogP contribution in [-0.2, 0) is 26.0 Å². The van der Waals surface area contributed by atoms with E-state index in [2.05, 4.69) is 27.4 Å². The number of morpholine rings is 1. The van der Waals surface area contributed by atoms with Crippen LogP contribution in [0.1, 0.15) is 43.0 Å². The first-order valence-electron chi connectivity index (χ1n) is 15.6. The second-order valence-corrected chi connectivity index (χ2v) is 14.4. The number of carbonyl (C=O) groups is 1. The third kappa shape index (κ3) is 9.33.